The number of fused-ring (bicyclic) bond motifs is 1. The van der Waals surface area contributed by atoms with Crippen LogP contribution in [-0.2, 0) is 11.2 Å². The molecule has 5 heteroatoms. The van der Waals surface area contributed by atoms with Gasteiger partial charge in [0.1, 0.15) is 5.82 Å². The lowest BCUT2D eigenvalue weighted by molar-refractivity contribution is 0.00664. The fourth-order valence-electron chi connectivity index (χ4n) is 2.73. The van der Waals surface area contributed by atoms with Crippen LogP contribution in [0.5, 0.6) is 0 Å². The van der Waals surface area contributed by atoms with Crippen molar-refractivity contribution in [3.05, 3.63) is 27.6 Å². The van der Waals surface area contributed by atoms with Crippen molar-refractivity contribution in [3.8, 4) is 0 Å². The van der Waals surface area contributed by atoms with Gasteiger partial charge in [0.15, 0.2) is 0 Å². The quantitative estimate of drug-likeness (QED) is 0.587. The van der Waals surface area contributed by atoms with Crippen LogP contribution in [0.4, 0.5) is 0 Å². The third kappa shape index (κ3) is 2.50. The molecule has 0 radical (unpaired) electrons. The molecular formula is C14H16ClIN2O. The SMILES string of the molecule is COC1CC(n2c(CCCl)nc3cc(I)ccc32)C1. The minimum Gasteiger partial charge on any atom is -0.381 e. The van der Waals surface area contributed by atoms with Crippen molar-refractivity contribution in [2.45, 2.75) is 31.4 Å². The van der Waals surface area contributed by atoms with E-state index in [2.05, 4.69) is 45.4 Å². The van der Waals surface area contributed by atoms with Crippen LogP contribution >= 0.6 is 34.2 Å². The van der Waals surface area contributed by atoms with E-state index in [1.165, 1.54) is 9.09 Å². The summed E-state index contributed by atoms with van der Waals surface area (Å²) < 4.78 is 8.97. The van der Waals surface area contributed by atoms with Gasteiger partial charge in [-0.3, -0.25) is 0 Å². The molecule has 0 spiro atoms. The smallest absolute Gasteiger partial charge is 0.111 e. The summed E-state index contributed by atoms with van der Waals surface area (Å²) in [5.41, 5.74) is 2.30. The molecule has 0 bridgehead atoms. The van der Waals surface area contributed by atoms with Gasteiger partial charge in [-0.25, -0.2) is 4.98 Å². The first kappa shape index (κ1) is 13.6. The summed E-state index contributed by atoms with van der Waals surface area (Å²) in [6, 6.07) is 6.95. The lowest BCUT2D eigenvalue weighted by Gasteiger charge is -2.36. The minimum atomic E-state index is 0.398. The average Bonchev–Trinajstić information content (AvgIpc) is 2.66. The zero-order valence-corrected chi connectivity index (χ0v) is 13.7. The molecule has 0 atom stereocenters. The van der Waals surface area contributed by atoms with E-state index >= 15 is 0 Å². The molecule has 1 fully saturated rings. The summed E-state index contributed by atoms with van der Waals surface area (Å²) in [6.07, 6.45) is 3.36. The second kappa shape index (κ2) is 5.58. The van der Waals surface area contributed by atoms with E-state index in [0.29, 0.717) is 18.0 Å². The molecule has 1 saturated carbocycles. The van der Waals surface area contributed by atoms with E-state index in [1.54, 1.807) is 7.11 Å². The van der Waals surface area contributed by atoms with E-state index in [-0.39, 0.29) is 0 Å². The number of imidazole rings is 1. The lowest BCUT2D eigenvalue weighted by Crippen LogP contribution is -2.33. The summed E-state index contributed by atoms with van der Waals surface area (Å²) in [7, 11) is 1.79. The van der Waals surface area contributed by atoms with Crippen LogP contribution in [0.15, 0.2) is 18.2 Å². The van der Waals surface area contributed by atoms with Crippen LogP contribution in [0.2, 0.25) is 0 Å². The maximum absolute atomic E-state index is 5.91. The number of halogens is 2. The fraction of sp³-hybridized carbons (Fsp3) is 0.500. The van der Waals surface area contributed by atoms with Gasteiger partial charge in [0.25, 0.3) is 0 Å². The van der Waals surface area contributed by atoms with Gasteiger partial charge in [-0.2, -0.15) is 0 Å². The topological polar surface area (TPSA) is 27.1 Å². The molecule has 0 unspecified atom stereocenters. The van der Waals surface area contributed by atoms with Gasteiger partial charge in [0.2, 0.25) is 0 Å². The molecule has 1 heterocycles. The number of aryl methyl sites for hydroxylation is 1. The Hall–Kier alpha value is -0.330. The molecule has 1 aromatic carbocycles. The maximum Gasteiger partial charge on any atom is 0.111 e. The zero-order chi connectivity index (χ0) is 13.4. The Morgan fingerprint density at radius 1 is 1.47 bits per heavy atom. The van der Waals surface area contributed by atoms with Crippen molar-refractivity contribution in [3.63, 3.8) is 0 Å². The fourth-order valence-corrected chi connectivity index (χ4v) is 3.38. The summed E-state index contributed by atoms with van der Waals surface area (Å²) in [5.74, 6) is 1.72. The highest BCUT2D eigenvalue weighted by molar-refractivity contribution is 14.1. The second-order valence-electron chi connectivity index (χ2n) is 4.95. The Kier molecular flexibility index (Phi) is 4.01. The number of benzene rings is 1. The second-order valence-corrected chi connectivity index (χ2v) is 6.58. The predicted octanol–water partition coefficient (Wildman–Crippen LogP) is 3.77. The van der Waals surface area contributed by atoms with Crippen LogP contribution in [0, 0.1) is 3.57 Å². The van der Waals surface area contributed by atoms with Crippen molar-refractivity contribution in [1.29, 1.82) is 0 Å². The zero-order valence-electron chi connectivity index (χ0n) is 10.8. The number of ether oxygens (including phenoxy) is 1. The van der Waals surface area contributed by atoms with E-state index in [0.717, 1.165) is 30.6 Å². The highest BCUT2D eigenvalue weighted by Gasteiger charge is 2.32. The number of methoxy groups -OCH3 is 1. The molecule has 0 aliphatic heterocycles. The molecule has 19 heavy (non-hydrogen) atoms. The third-order valence-electron chi connectivity index (χ3n) is 3.81. The van der Waals surface area contributed by atoms with E-state index in [1.807, 2.05) is 0 Å². The molecule has 1 aliphatic carbocycles. The summed E-state index contributed by atoms with van der Waals surface area (Å²) in [5, 5.41) is 0. The van der Waals surface area contributed by atoms with Crippen LogP contribution in [0.25, 0.3) is 11.0 Å². The Morgan fingerprint density at radius 2 is 2.26 bits per heavy atom. The first-order valence-electron chi connectivity index (χ1n) is 6.48. The summed E-state index contributed by atoms with van der Waals surface area (Å²) in [6.45, 7) is 0. The Balaban J connectivity index is 2.02. The van der Waals surface area contributed by atoms with Gasteiger partial charge in [0.05, 0.1) is 17.1 Å². The molecule has 2 aromatic rings. The molecule has 1 aliphatic rings. The summed E-state index contributed by atoms with van der Waals surface area (Å²) >= 11 is 8.23. The Bertz CT molecular complexity index is 592. The Morgan fingerprint density at radius 3 is 2.95 bits per heavy atom. The minimum absolute atomic E-state index is 0.398. The number of rotatable bonds is 4. The monoisotopic (exact) mass is 390 g/mol. The molecule has 3 nitrogen and oxygen atoms in total. The summed E-state index contributed by atoms with van der Waals surface area (Å²) in [4.78, 5) is 4.75. The number of aromatic nitrogens is 2. The first-order chi connectivity index (χ1) is 9.22. The molecular weight excluding hydrogens is 375 g/mol. The van der Waals surface area contributed by atoms with Crippen LogP contribution in [0.1, 0.15) is 24.7 Å². The normalized spacial score (nSPS) is 22.7. The van der Waals surface area contributed by atoms with E-state index in [9.17, 15) is 0 Å². The molecule has 1 aromatic heterocycles. The third-order valence-corrected chi connectivity index (χ3v) is 4.67. The average molecular weight is 391 g/mol. The van der Waals surface area contributed by atoms with Crippen molar-refractivity contribution in [2.24, 2.45) is 0 Å². The molecule has 0 saturated heterocycles. The number of nitrogens with zero attached hydrogens (tertiary/aromatic N) is 2. The van der Waals surface area contributed by atoms with Gasteiger partial charge in [-0.15, -0.1) is 11.6 Å². The van der Waals surface area contributed by atoms with Crippen LogP contribution < -0.4 is 0 Å². The number of hydrogen-bond donors (Lipinski definition) is 0. The van der Waals surface area contributed by atoms with Crippen LogP contribution in [-0.4, -0.2) is 28.6 Å². The largest absolute Gasteiger partial charge is 0.381 e. The van der Waals surface area contributed by atoms with Crippen molar-refractivity contribution in [1.82, 2.24) is 9.55 Å². The van der Waals surface area contributed by atoms with Gasteiger partial charge in [-0.1, -0.05) is 0 Å². The molecule has 0 N–H and O–H groups in total. The highest BCUT2D eigenvalue weighted by Crippen LogP contribution is 2.37. The number of hydrogen-bond acceptors (Lipinski definition) is 2. The molecule has 3 rings (SSSR count). The molecule has 0 amide bonds. The standard InChI is InChI=1S/C14H16ClIN2O/c1-19-11-7-10(8-11)18-13-3-2-9(16)6-12(13)17-14(18)4-5-15/h2-3,6,10-11H,4-5,7-8H2,1H3. The van der Waals surface area contributed by atoms with E-state index in [4.69, 9.17) is 21.3 Å². The van der Waals surface area contributed by atoms with Gasteiger partial charge < -0.3 is 9.30 Å². The Labute approximate surface area is 131 Å². The van der Waals surface area contributed by atoms with Crippen LogP contribution in [0.3, 0.4) is 0 Å². The van der Waals surface area contributed by atoms with Gasteiger partial charge in [0, 0.05) is 29.0 Å². The maximum atomic E-state index is 5.91. The van der Waals surface area contributed by atoms with E-state index < -0.39 is 0 Å². The van der Waals surface area contributed by atoms with Gasteiger partial charge in [-0.05, 0) is 53.6 Å². The first-order valence-corrected chi connectivity index (χ1v) is 8.09. The van der Waals surface area contributed by atoms with Crippen molar-refractivity contribution >= 4 is 45.2 Å². The lowest BCUT2D eigenvalue weighted by atomic mass is 9.88. The van der Waals surface area contributed by atoms with Crippen molar-refractivity contribution in [2.75, 3.05) is 13.0 Å². The molecule has 102 valence electrons. The predicted molar refractivity (Wildman–Crippen MR) is 85.9 cm³/mol. The number of alkyl halides is 1. The highest BCUT2D eigenvalue weighted by atomic mass is 127. The van der Waals surface area contributed by atoms with Gasteiger partial charge >= 0.3 is 0 Å². The van der Waals surface area contributed by atoms with Crippen molar-refractivity contribution < 1.29 is 4.74 Å².